The van der Waals surface area contributed by atoms with Gasteiger partial charge >= 0.3 is 0 Å². The Kier molecular flexibility index (Phi) is 4.03. The number of aliphatic imine (C=N–C) groups is 1. The van der Waals surface area contributed by atoms with Crippen molar-refractivity contribution in [3.63, 3.8) is 0 Å². The predicted octanol–water partition coefficient (Wildman–Crippen LogP) is 2.49. The molecule has 2 nitrogen and oxygen atoms in total. The summed E-state index contributed by atoms with van der Waals surface area (Å²) in [6, 6.07) is 9.94. The second kappa shape index (κ2) is 5.36. The van der Waals surface area contributed by atoms with E-state index in [0.29, 0.717) is 0 Å². The summed E-state index contributed by atoms with van der Waals surface area (Å²) in [4.78, 5) is 4.33. The Hall–Kier alpha value is -1.31. The highest BCUT2D eigenvalue weighted by molar-refractivity contribution is 5.93. The molecule has 0 aromatic heterocycles. The number of methoxy groups -OCH3 is 1. The van der Waals surface area contributed by atoms with E-state index in [0.717, 1.165) is 24.4 Å². The van der Waals surface area contributed by atoms with Gasteiger partial charge in [-0.1, -0.05) is 25.1 Å². The predicted molar refractivity (Wildman–Crippen MR) is 55.1 cm³/mol. The van der Waals surface area contributed by atoms with Gasteiger partial charge in [0.15, 0.2) is 0 Å². The molecule has 13 heavy (non-hydrogen) atoms. The van der Waals surface area contributed by atoms with Crippen LogP contribution in [0.4, 0.5) is 0 Å². The lowest BCUT2D eigenvalue weighted by molar-refractivity contribution is 0.402. The van der Waals surface area contributed by atoms with Gasteiger partial charge < -0.3 is 4.74 Å². The number of nitrogens with zero attached hydrogens (tertiary/aromatic N) is 1. The fourth-order valence-corrected chi connectivity index (χ4v) is 1.07. The monoisotopic (exact) mass is 177 g/mol. The molecule has 1 rings (SSSR count). The van der Waals surface area contributed by atoms with E-state index < -0.39 is 0 Å². The van der Waals surface area contributed by atoms with Crippen LogP contribution in [0.2, 0.25) is 0 Å². The van der Waals surface area contributed by atoms with Gasteiger partial charge in [0.05, 0.1) is 7.11 Å². The van der Waals surface area contributed by atoms with Crippen molar-refractivity contribution in [1.82, 2.24) is 0 Å². The number of hydrogen-bond donors (Lipinski definition) is 0. The van der Waals surface area contributed by atoms with Crippen LogP contribution in [0.15, 0.2) is 35.3 Å². The normalized spacial score (nSPS) is 11.4. The zero-order valence-electron chi connectivity index (χ0n) is 8.16. The molecule has 0 aliphatic carbocycles. The lowest BCUT2D eigenvalue weighted by Crippen LogP contribution is -2.04. The summed E-state index contributed by atoms with van der Waals surface area (Å²) in [7, 11) is 1.65. The van der Waals surface area contributed by atoms with Crippen LogP contribution < -0.4 is 0 Å². The molecular weight excluding hydrogens is 162 g/mol. The summed E-state index contributed by atoms with van der Waals surface area (Å²) in [5, 5.41) is 0. The molecule has 0 saturated heterocycles. The van der Waals surface area contributed by atoms with Gasteiger partial charge in [0.1, 0.15) is 0 Å². The third-order valence-electron chi connectivity index (χ3n) is 1.69. The van der Waals surface area contributed by atoms with Crippen LogP contribution in [-0.2, 0) is 4.74 Å². The molecule has 1 aromatic rings. The van der Waals surface area contributed by atoms with Gasteiger partial charge in [-0.05, 0) is 18.6 Å². The molecule has 0 spiro atoms. The summed E-state index contributed by atoms with van der Waals surface area (Å²) in [5.41, 5.74) is 1.04. The fraction of sp³-hybridized carbons (Fsp3) is 0.364. The maximum absolute atomic E-state index is 5.19. The average Bonchev–Trinajstić information content (AvgIpc) is 2.21. The van der Waals surface area contributed by atoms with E-state index >= 15 is 0 Å². The van der Waals surface area contributed by atoms with Crippen molar-refractivity contribution >= 4 is 5.90 Å². The molecule has 0 N–H and O–H groups in total. The van der Waals surface area contributed by atoms with Gasteiger partial charge in [-0.25, -0.2) is 0 Å². The number of benzene rings is 1. The van der Waals surface area contributed by atoms with E-state index in [4.69, 9.17) is 4.74 Å². The quantitative estimate of drug-likeness (QED) is 0.513. The first-order valence-corrected chi connectivity index (χ1v) is 4.52. The Labute approximate surface area is 79.3 Å². The van der Waals surface area contributed by atoms with E-state index in [-0.39, 0.29) is 0 Å². The maximum Gasteiger partial charge on any atom is 0.215 e. The van der Waals surface area contributed by atoms with Crippen LogP contribution in [0.1, 0.15) is 18.9 Å². The number of ether oxygens (including phenoxy) is 1. The lowest BCUT2D eigenvalue weighted by Gasteiger charge is -2.03. The van der Waals surface area contributed by atoms with Crippen molar-refractivity contribution < 1.29 is 4.74 Å². The van der Waals surface area contributed by atoms with Gasteiger partial charge in [-0.15, -0.1) is 0 Å². The first-order chi connectivity index (χ1) is 6.38. The number of rotatable bonds is 3. The summed E-state index contributed by atoms with van der Waals surface area (Å²) in [6.07, 6.45) is 1.04. The molecule has 0 amide bonds. The molecule has 0 radical (unpaired) electrons. The van der Waals surface area contributed by atoms with Crippen LogP contribution in [0.3, 0.4) is 0 Å². The molecule has 0 aliphatic heterocycles. The Morgan fingerprint density at radius 3 is 2.54 bits per heavy atom. The molecule has 0 bridgehead atoms. The van der Waals surface area contributed by atoms with Crippen molar-refractivity contribution in [2.45, 2.75) is 13.3 Å². The van der Waals surface area contributed by atoms with E-state index in [2.05, 4.69) is 11.9 Å². The summed E-state index contributed by atoms with van der Waals surface area (Å²) in [6.45, 7) is 2.92. The van der Waals surface area contributed by atoms with E-state index in [1.54, 1.807) is 7.11 Å². The van der Waals surface area contributed by atoms with Crippen LogP contribution in [-0.4, -0.2) is 19.6 Å². The van der Waals surface area contributed by atoms with Crippen molar-refractivity contribution in [3.8, 4) is 0 Å². The molecule has 0 fully saturated rings. The molecule has 2 heteroatoms. The first-order valence-electron chi connectivity index (χ1n) is 4.52. The van der Waals surface area contributed by atoms with Gasteiger partial charge in [-0.3, -0.25) is 4.99 Å². The maximum atomic E-state index is 5.19. The van der Waals surface area contributed by atoms with E-state index in [9.17, 15) is 0 Å². The summed E-state index contributed by atoms with van der Waals surface area (Å²) >= 11 is 0. The van der Waals surface area contributed by atoms with Crippen LogP contribution in [0, 0.1) is 0 Å². The Balaban J connectivity index is 2.78. The highest BCUT2D eigenvalue weighted by Crippen LogP contribution is 2.02. The van der Waals surface area contributed by atoms with Crippen LogP contribution in [0.5, 0.6) is 0 Å². The van der Waals surface area contributed by atoms with Crippen LogP contribution >= 0.6 is 0 Å². The van der Waals surface area contributed by atoms with Crippen LogP contribution in [0.25, 0.3) is 0 Å². The highest BCUT2D eigenvalue weighted by atomic mass is 16.5. The lowest BCUT2D eigenvalue weighted by atomic mass is 10.2. The summed E-state index contributed by atoms with van der Waals surface area (Å²) in [5.74, 6) is 0.724. The van der Waals surface area contributed by atoms with Crippen molar-refractivity contribution in [3.05, 3.63) is 35.9 Å². The minimum atomic E-state index is 0.724. The van der Waals surface area contributed by atoms with Crippen molar-refractivity contribution in [1.29, 1.82) is 0 Å². The van der Waals surface area contributed by atoms with E-state index in [1.165, 1.54) is 0 Å². The van der Waals surface area contributed by atoms with Gasteiger partial charge in [-0.2, -0.15) is 0 Å². The largest absolute Gasteiger partial charge is 0.481 e. The van der Waals surface area contributed by atoms with Gasteiger partial charge in [0, 0.05) is 12.1 Å². The zero-order valence-corrected chi connectivity index (χ0v) is 8.16. The standard InChI is InChI=1S/C11H15NO/c1-3-9-12-11(13-2)10-7-5-4-6-8-10/h4-8H,3,9H2,1-2H3. The fourth-order valence-electron chi connectivity index (χ4n) is 1.07. The molecule has 1 aromatic carbocycles. The third-order valence-corrected chi connectivity index (χ3v) is 1.69. The second-order valence-corrected chi connectivity index (χ2v) is 2.76. The minimum absolute atomic E-state index is 0.724. The topological polar surface area (TPSA) is 21.6 Å². The van der Waals surface area contributed by atoms with Crippen molar-refractivity contribution in [2.24, 2.45) is 4.99 Å². The Morgan fingerprint density at radius 2 is 2.00 bits per heavy atom. The molecule has 0 saturated carbocycles. The molecule has 0 atom stereocenters. The van der Waals surface area contributed by atoms with Gasteiger partial charge in [0.2, 0.25) is 5.90 Å². The molecule has 0 aliphatic rings. The smallest absolute Gasteiger partial charge is 0.215 e. The van der Waals surface area contributed by atoms with Crippen molar-refractivity contribution in [2.75, 3.05) is 13.7 Å². The Morgan fingerprint density at radius 1 is 1.31 bits per heavy atom. The molecule has 0 unspecified atom stereocenters. The Bertz CT molecular complexity index is 267. The molecule has 70 valence electrons. The average molecular weight is 177 g/mol. The first kappa shape index (κ1) is 9.78. The summed E-state index contributed by atoms with van der Waals surface area (Å²) < 4.78 is 5.19. The zero-order chi connectivity index (χ0) is 9.52. The van der Waals surface area contributed by atoms with Gasteiger partial charge in [0.25, 0.3) is 0 Å². The highest BCUT2D eigenvalue weighted by Gasteiger charge is 1.99. The number of hydrogen-bond acceptors (Lipinski definition) is 2. The minimum Gasteiger partial charge on any atom is -0.481 e. The third kappa shape index (κ3) is 2.90. The second-order valence-electron chi connectivity index (χ2n) is 2.76. The van der Waals surface area contributed by atoms with E-state index in [1.807, 2.05) is 30.3 Å². The molecular formula is C11H15NO. The molecule has 0 heterocycles. The SMILES string of the molecule is CCCN=C(OC)c1ccccc1.